The third-order valence-corrected chi connectivity index (χ3v) is 2.17. The molecule has 0 spiro atoms. The van der Waals surface area contributed by atoms with Crippen molar-refractivity contribution in [2.24, 2.45) is 0 Å². The third kappa shape index (κ3) is 1.50. The summed E-state index contributed by atoms with van der Waals surface area (Å²) < 4.78 is 30.2. The summed E-state index contributed by atoms with van der Waals surface area (Å²) in [6.07, 6.45) is 1.52. The summed E-state index contributed by atoms with van der Waals surface area (Å²) >= 11 is 0. The normalized spacial score (nSPS) is 12.8. The van der Waals surface area contributed by atoms with Crippen molar-refractivity contribution in [2.75, 3.05) is 4.72 Å². The van der Waals surface area contributed by atoms with Crippen LogP contribution in [0.4, 0.5) is 5.69 Å². The van der Waals surface area contributed by atoms with Crippen LogP contribution in [0.3, 0.4) is 0 Å². The Bertz CT molecular complexity index is 561. The van der Waals surface area contributed by atoms with Crippen molar-refractivity contribution >= 4 is 27.4 Å². The van der Waals surface area contributed by atoms with Crippen LogP contribution in [0.25, 0.3) is 10.9 Å². The molecule has 0 fully saturated rings. The fourth-order valence-corrected chi connectivity index (χ4v) is 1.59. The van der Waals surface area contributed by atoms with Gasteiger partial charge in [-0.1, -0.05) is 18.2 Å². The van der Waals surface area contributed by atoms with Crippen LogP contribution in [0, 0.1) is 0 Å². The van der Waals surface area contributed by atoms with E-state index in [0.29, 0.717) is 5.69 Å². The number of thiol groups is 1. The Labute approximate surface area is 77.8 Å². The van der Waals surface area contributed by atoms with Crippen molar-refractivity contribution in [3.8, 4) is 0 Å². The van der Waals surface area contributed by atoms with Crippen molar-refractivity contribution in [1.82, 2.24) is 4.98 Å². The lowest BCUT2D eigenvalue weighted by atomic mass is 10.2. The molecular formula is C8H8N2O2S. The largest absolute Gasteiger partial charge is 0.359 e. The zero-order chi connectivity index (χ0) is 10.2. The number of aromatic amines is 1. The maximum Gasteiger partial charge on any atom is 0.222 e. The van der Waals surface area contributed by atoms with Crippen LogP contribution in [0.2, 0.25) is 0 Å². The van der Waals surface area contributed by atoms with Crippen LogP contribution in [0.15, 0.2) is 30.5 Å². The van der Waals surface area contributed by atoms with Crippen molar-refractivity contribution in [3.05, 3.63) is 30.5 Å². The molecule has 2 rings (SSSR count). The molecule has 0 saturated heterocycles. The van der Waals surface area contributed by atoms with E-state index in [2.05, 4.69) is 9.71 Å². The summed E-state index contributed by atoms with van der Waals surface area (Å²) in [5.74, 6) is 0. The molecule has 1 heterocycles. The molecule has 0 aliphatic carbocycles. The molecule has 2 aromatic rings. The summed E-state index contributed by atoms with van der Waals surface area (Å²) in [6.45, 7) is 0. The number of rotatable bonds is 2. The topological polar surface area (TPSA) is 62.0 Å². The predicted octanol–water partition coefficient (Wildman–Crippen LogP) is 1.11. The highest BCUT2D eigenvalue weighted by molar-refractivity contribution is 7.73. The first-order valence-corrected chi connectivity index (χ1v) is 4.77. The highest BCUT2D eigenvalue weighted by Crippen LogP contribution is 2.21. The van der Waals surface area contributed by atoms with Crippen LogP contribution in [0.1, 0.15) is 0 Å². The van der Waals surface area contributed by atoms with Crippen molar-refractivity contribution in [3.63, 3.8) is 0 Å². The van der Waals surface area contributed by atoms with E-state index in [1.807, 2.05) is 12.1 Å². The van der Waals surface area contributed by atoms with Gasteiger partial charge in [0.1, 0.15) is 0 Å². The van der Waals surface area contributed by atoms with Gasteiger partial charge in [0.15, 0.2) is 1.12 Å². The molecule has 0 radical (unpaired) electrons. The van der Waals surface area contributed by atoms with Gasteiger partial charge in [-0.2, -0.15) is 0 Å². The molecule has 4 nitrogen and oxygen atoms in total. The van der Waals surface area contributed by atoms with Crippen molar-refractivity contribution in [2.45, 2.75) is 0 Å². The van der Waals surface area contributed by atoms with Gasteiger partial charge >= 0.3 is 0 Å². The number of anilines is 1. The quantitative estimate of drug-likeness (QED) is 0.631. The Kier molecular flexibility index (Phi) is 1.66. The third-order valence-electron chi connectivity index (χ3n) is 1.78. The zero-order valence-electron chi connectivity index (χ0n) is 7.61. The van der Waals surface area contributed by atoms with Gasteiger partial charge in [0.25, 0.3) is 0 Å². The van der Waals surface area contributed by atoms with E-state index in [0.717, 1.165) is 10.9 Å². The van der Waals surface area contributed by atoms with Gasteiger partial charge < -0.3 is 4.98 Å². The standard InChI is InChI=1S/C8H8N2O2S/c11-13(12)10-8-5-9-7-4-2-1-3-6(7)8/h1-5,9,13H,(H,10,11,12)/i13D. The second kappa shape index (κ2) is 3.10. The Morgan fingerprint density at radius 3 is 2.92 bits per heavy atom. The highest BCUT2D eigenvalue weighted by atomic mass is 32.2. The minimum atomic E-state index is -3.96. The first-order chi connectivity index (χ1) is 6.56. The first kappa shape index (κ1) is 6.97. The fourth-order valence-electron chi connectivity index (χ4n) is 1.25. The fraction of sp³-hybridized carbons (Fsp3) is 0. The smallest absolute Gasteiger partial charge is 0.222 e. The molecule has 0 saturated carbocycles. The number of hydrogen-bond donors (Lipinski definition) is 3. The molecule has 2 N–H and O–H groups in total. The number of fused-ring (bicyclic) bond motifs is 1. The van der Waals surface area contributed by atoms with Gasteiger partial charge in [-0.05, 0) is 6.07 Å². The molecule has 0 aliphatic heterocycles. The molecule has 0 atom stereocenters. The number of hydrogen-bond acceptors (Lipinski definition) is 2. The monoisotopic (exact) mass is 197 g/mol. The number of H-pyrrole nitrogens is 1. The van der Waals surface area contributed by atoms with E-state index in [4.69, 9.17) is 1.12 Å². The summed E-state index contributed by atoms with van der Waals surface area (Å²) in [6, 6.07) is 7.26. The predicted molar refractivity (Wildman–Crippen MR) is 52.2 cm³/mol. The van der Waals surface area contributed by atoms with Crippen LogP contribution in [0.5, 0.6) is 0 Å². The van der Waals surface area contributed by atoms with E-state index in [1.54, 1.807) is 12.1 Å². The van der Waals surface area contributed by atoms with Crippen LogP contribution in [-0.2, 0) is 10.8 Å². The molecular weight excluding hydrogens is 188 g/mol. The van der Waals surface area contributed by atoms with E-state index in [1.165, 1.54) is 6.20 Å². The van der Waals surface area contributed by atoms with E-state index in [9.17, 15) is 8.42 Å². The van der Waals surface area contributed by atoms with Crippen LogP contribution in [-0.4, -0.2) is 14.5 Å². The number of aromatic nitrogens is 1. The Morgan fingerprint density at radius 1 is 1.38 bits per heavy atom. The van der Waals surface area contributed by atoms with E-state index in [-0.39, 0.29) is 0 Å². The number of benzene rings is 1. The number of nitrogens with one attached hydrogen (secondary N) is 2. The summed E-state index contributed by atoms with van der Waals surface area (Å²) in [5, 5.41) is 0.753. The molecule has 1 aromatic heterocycles. The minimum absolute atomic E-state index is 0.399. The maximum atomic E-state index is 10.7. The van der Waals surface area contributed by atoms with Gasteiger partial charge in [0.05, 0.1) is 5.69 Å². The minimum Gasteiger partial charge on any atom is -0.359 e. The summed E-state index contributed by atoms with van der Waals surface area (Å²) in [7, 11) is -3.96. The number of para-hydroxylation sites is 1. The molecule has 1 aromatic carbocycles. The Balaban J connectivity index is 2.54. The van der Waals surface area contributed by atoms with E-state index < -0.39 is 10.8 Å². The summed E-state index contributed by atoms with van der Waals surface area (Å²) in [5.41, 5.74) is 1.23. The van der Waals surface area contributed by atoms with Crippen molar-refractivity contribution in [1.29, 1.82) is 1.12 Å². The van der Waals surface area contributed by atoms with Crippen LogP contribution < -0.4 is 4.72 Å². The molecule has 0 unspecified atom stereocenters. The molecule has 5 heteroatoms. The Morgan fingerprint density at radius 2 is 2.15 bits per heavy atom. The molecule has 0 bridgehead atoms. The second-order valence-corrected chi connectivity index (χ2v) is 3.26. The first-order valence-electron chi connectivity index (χ1n) is 4.10. The van der Waals surface area contributed by atoms with Gasteiger partial charge in [-0.25, -0.2) is 8.42 Å². The average Bonchev–Trinajstić information content (AvgIpc) is 2.47. The Hall–Kier alpha value is -1.49. The van der Waals surface area contributed by atoms with Crippen LogP contribution >= 0.6 is 0 Å². The van der Waals surface area contributed by atoms with Gasteiger partial charge in [0, 0.05) is 17.1 Å². The SMILES string of the molecule is [2H]S(=O)(=O)Nc1c[nH]c2ccccc12. The molecule has 13 heavy (non-hydrogen) atoms. The lowest BCUT2D eigenvalue weighted by molar-refractivity contribution is 0.619. The average molecular weight is 197 g/mol. The lowest BCUT2D eigenvalue weighted by Gasteiger charge is -1.93. The summed E-state index contributed by atoms with van der Waals surface area (Å²) in [4.78, 5) is 2.90. The second-order valence-electron chi connectivity index (χ2n) is 2.58. The highest BCUT2D eigenvalue weighted by Gasteiger charge is 2.01. The van der Waals surface area contributed by atoms with Gasteiger partial charge in [0.2, 0.25) is 10.8 Å². The zero-order valence-corrected chi connectivity index (χ0v) is 7.43. The van der Waals surface area contributed by atoms with E-state index >= 15 is 0 Å². The maximum absolute atomic E-state index is 10.7. The lowest BCUT2D eigenvalue weighted by Crippen LogP contribution is -1.92. The molecule has 68 valence electrons. The van der Waals surface area contributed by atoms with Gasteiger partial charge in [-0.15, -0.1) is 0 Å². The van der Waals surface area contributed by atoms with Gasteiger partial charge in [-0.3, -0.25) is 4.72 Å². The molecule has 0 aliphatic rings. The van der Waals surface area contributed by atoms with Crippen molar-refractivity contribution < 1.29 is 8.42 Å². The molecule has 0 amide bonds.